The summed E-state index contributed by atoms with van der Waals surface area (Å²) in [6.07, 6.45) is 7.57. The Morgan fingerprint density at radius 1 is 1.21 bits per heavy atom. The molecule has 1 aromatic heterocycles. The lowest BCUT2D eigenvalue weighted by molar-refractivity contribution is -0.0105. The molecule has 1 aromatic carbocycles. The predicted octanol–water partition coefficient (Wildman–Crippen LogP) is 6.14. The van der Waals surface area contributed by atoms with Crippen LogP contribution in [-0.4, -0.2) is 35.5 Å². The molecule has 4 nitrogen and oxygen atoms in total. The van der Waals surface area contributed by atoms with Crippen LogP contribution in [-0.2, 0) is 11.3 Å². The van der Waals surface area contributed by atoms with E-state index in [1.165, 1.54) is 25.3 Å². The third-order valence-electron chi connectivity index (χ3n) is 8.41. The van der Waals surface area contributed by atoms with E-state index in [1.807, 2.05) is 31.2 Å². The normalized spacial score (nSPS) is 29.8. The minimum Gasteiger partial charge on any atom is -0.355 e. The highest BCUT2D eigenvalue weighted by molar-refractivity contribution is 5.97. The van der Waals surface area contributed by atoms with Crippen LogP contribution in [0.2, 0.25) is 0 Å². The van der Waals surface area contributed by atoms with Crippen LogP contribution in [0, 0.1) is 24.7 Å². The molecule has 6 heteroatoms. The van der Waals surface area contributed by atoms with Gasteiger partial charge in [-0.25, -0.2) is 0 Å². The number of aryl methyl sites for hydroxylation is 1. The zero-order valence-electron chi connectivity index (χ0n) is 19.7. The molecular weight excluding hydrogens is 422 g/mol. The second-order valence-electron chi connectivity index (χ2n) is 10.9. The van der Waals surface area contributed by atoms with Gasteiger partial charge in [0.15, 0.2) is 5.78 Å². The molecule has 2 aliphatic carbocycles. The number of likely N-dealkylation sites (tertiary alicyclic amines) is 1. The van der Waals surface area contributed by atoms with Crippen LogP contribution in [0.15, 0.2) is 34.9 Å². The van der Waals surface area contributed by atoms with Crippen LogP contribution in [0.3, 0.4) is 0 Å². The summed E-state index contributed by atoms with van der Waals surface area (Å²) in [6, 6.07) is 9.37. The second kappa shape index (κ2) is 8.61. The predicted molar refractivity (Wildman–Crippen MR) is 122 cm³/mol. The third-order valence-corrected chi connectivity index (χ3v) is 8.41. The lowest BCUT2D eigenvalue weighted by Crippen LogP contribution is -2.29. The molecule has 178 valence electrons. The van der Waals surface area contributed by atoms with Gasteiger partial charge in [-0.2, -0.15) is 8.78 Å². The van der Waals surface area contributed by atoms with Gasteiger partial charge in [-0.3, -0.25) is 4.79 Å². The number of Topliss-reactive ketones (excluding diaryl/α,β-unsaturated/α-hetero) is 1. The highest BCUT2D eigenvalue weighted by Crippen LogP contribution is 2.59. The monoisotopic (exact) mass is 456 g/mol. The quantitative estimate of drug-likeness (QED) is 0.448. The molecule has 2 aromatic rings. The molecule has 0 radical (unpaired) electrons. The van der Waals surface area contributed by atoms with Gasteiger partial charge >= 0.3 is 5.92 Å². The van der Waals surface area contributed by atoms with E-state index < -0.39 is 5.92 Å². The van der Waals surface area contributed by atoms with Gasteiger partial charge < -0.3 is 9.42 Å². The standard InChI is InChI=1S/C27H34F2N2O2/c1-18-5-3-4-6-22(18)23(32)13-20-9-7-19(8-10-20)11-12-31-16-21-15-27(21,17-31)24-14-25(33-30-24)26(2,28)29/h3-6,14,19-21H,7-13,15-17H2,1-2H3/t19?,20?,21-,27-/m0/s1. The number of halogens is 2. The van der Waals surface area contributed by atoms with E-state index in [-0.39, 0.29) is 17.0 Å². The van der Waals surface area contributed by atoms with E-state index >= 15 is 0 Å². The number of alkyl halides is 2. The minimum atomic E-state index is -2.98. The molecule has 5 rings (SSSR count). The van der Waals surface area contributed by atoms with Crippen molar-refractivity contribution in [3.05, 3.63) is 52.9 Å². The highest BCUT2D eigenvalue weighted by Gasteiger charge is 2.62. The van der Waals surface area contributed by atoms with Crippen LogP contribution in [0.5, 0.6) is 0 Å². The SMILES string of the molecule is Cc1ccccc1C(=O)CC1CCC(CCN2C[C@@H]3C[C@]3(c3cc(C(C)(F)F)on3)C2)CC1. The number of rotatable bonds is 8. The average molecular weight is 457 g/mol. The zero-order valence-corrected chi connectivity index (χ0v) is 19.7. The summed E-state index contributed by atoms with van der Waals surface area (Å²) in [6.45, 7) is 5.86. The molecule has 33 heavy (non-hydrogen) atoms. The number of carbonyl (C=O) groups is 1. The molecule has 0 unspecified atom stereocenters. The number of nitrogens with zero attached hydrogens (tertiary/aromatic N) is 2. The van der Waals surface area contributed by atoms with Crippen molar-refractivity contribution >= 4 is 5.78 Å². The molecule has 2 saturated carbocycles. The first-order chi connectivity index (χ1) is 15.7. The van der Waals surface area contributed by atoms with Crippen molar-refractivity contribution < 1.29 is 18.1 Å². The maximum absolute atomic E-state index is 13.5. The number of fused-ring (bicyclic) bond motifs is 1. The fraction of sp³-hybridized carbons (Fsp3) is 0.630. The molecule has 2 heterocycles. The van der Waals surface area contributed by atoms with Crippen molar-refractivity contribution in [3.8, 4) is 0 Å². The summed E-state index contributed by atoms with van der Waals surface area (Å²) in [5.41, 5.74) is 2.59. The van der Waals surface area contributed by atoms with Crippen LogP contribution in [0.25, 0.3) is 0 Å². The smallest absolute Gasteiger partial charge is 0.304 e. The lowest BCUT2D eigenvalue weighted by Gasteiger charge is -2.30. The third kappa shape index (κ3) is 4.64. The molecule has 3 aliphatic rings. The number of piperidine rings is 1. The Labute approximate surface area is 194 Å². The first-order valence-corrected chi connectivity index (χ1v) is 12.4. The molecule has 3 fully saturated rings. The molecule has 2 atom stereocenters. The highest BCUT2D eigenvalue weighted by atomic mass is 19.3. The van der Waals surface area contributed by atoms with E-state index in [2.05, 4.69) is 10.1 Å². The van der Waals surface area contributed by atoms with Crippen LogP contribution < -0.4 is 0 Å². The summed E-state index contributed by atoms with van der Waals surface area (Å²) < 4.78 is 32.0. The van der Waals surface area contributed by atoms with Crippen LogP contribution in [0.1, 0.15) is 79.2 Å². The van der Waals surface area contributed by atoms with Crippen LogP contribution >= 0.6 is 0 Å². The van der Waals surface area contributed by atoms with Gasteiger partial charge in [0.1, 0.15) is 0 Å². The van der Waals surface area contributed by atoms with E-state index in [4.69, 9.17) is 4.52 Å². The number of aromatic nitrogens is 1. The van der Waals surface area contributed by atoms with Gasteiger partial charge in [-0.15, -0.1) is 0 Å². The van der Waals surface area contributed by atoms with Gasteiger partial charge in [0, 0.05) is 43.5 Å². The molecule has 1 saturated heterocycles. The zero-order chi connectivity index (χ0) is 23.2. The largest absolute Gasteiger partial charge is 0.355 e. The van der Waals surface area contributed by atoms with Gasteiger partial charge in [-0.05, 0) is 62.5 Å². The van der Waals surface area contributed by atoms with Gasteiger partial charge in [0.05, 0.1) is 5.69 Å². The fourth-order valence-corrected chi connectivity index (χ4v) is 6.22. The Morgan fingerprint density at radius 2 is 1.94 bits per heavy atom. The van der Waals surface area contributed by atoms with E-state index in [0.29, 0.717) is 24.0 Å². The molecule has 1 aliphatic heterocycles. The van der Waals surface area contributed by atoms with Crippen molar-refractivity contribution in [1.29, 1.82) is 0 Å². The maximum Gasteiger partial charge on any atom is 0.304 e. The molecule has 0 bridgehead atoms. The topological polar surface area (TPSA) is 46.3 Å². The van der Waals surface area contributed by atoms with Crippen molar-refractivity contribution in [1.82, 2.24) is 10.1 Å². The summed E-state index contributed by atoms with van der Waals surface area (Å²) in [4.78, 5) is 15.2. The Kier molecular flexibility index (Phi) is 5.92. The molecule has 0 N–H and O–H groups in total. The first-order valence-electron chi connectivity index (χ1n) is 12.4. The van der Waals surface area contributed by atoms with Gasteiger partial charge in [0.2, 0.25) is 5.76 Å². The minimum absolute atomic E-state index is 0.0689. The summed E-state index contributed by atoms with van der Waals surface area (Å²) >= 11 is 0. The summed E-state index contributed by atoms with van der Waals surface area (Å²) in [5.74, 6) is -1.27. The van der Waals surface area contributed by atoms with E-state index in [0.717, 1.165) is 62.9 Å². The second-order valence-corrected chi connectivity index (χ2v) is 10.9. The van der Waals surface area contributed by atoms with Gasteiger partial charge in [-0.1, -0.05) is 42.3 Å². The van der Waals surface area contributed by atoms with Gasteiger partial charge in [0.25, 0.3) is 0 Å². The fourth-order valence-electron chi connectivity index (χ4n) is 6.22. The Hall–Kier alpha value is -2.08. The molecule has 0 spiro atoms. The first kappa shape index (κ1) is 22.7. The number of ketones is 1. The van der Waals surface area contributed by atoms with Crippen molar-refractivity contribution in [2.24, 2.45) is 17.8 Å². The Balaban J connectivity index is 1.06. The number of benzene rings is 1. The number of hydrogen-bond acceptors (Lipinski definition) is 4. The Bertz CT molecular complexity index is 1010. The van der Waals surface area contributed by atoms with Crippen molar-refractivity contribution in [2.45, 2.75) is 70.1 Å². The maximum atomic E-state index is 13.5. The summed E-state index contributed by atoms with van der Waals surface area (Å²) in [5, 5.41) is 4.01. The average Bonchev–Trinajstić information content (AvgIpc) is 3.14. The van der Waals surface area contributed by atoms with Crippen molar-refractivity contribution in [2.75, 3.05) is 19.6 Å². The van der Waals surface area contributed by atoms with E-state index in [9.17, 15) is 13.6 Å². The molecular formula is C27H34F2N2O2. The summed E-state index contributed by atoms with van der Waals surface area (Å²) in [7, 11) is 0. The molecule has 0 amide bonds. The number of carbonyl (C=O) groups excluding carboxylic acids is 1. The Morgan fingerprint density at radius 3 is 2.64 bits per heavy atom. The lowest BCUT2D eigenvalue weighted by atomic mass is 9.78. The van der Waals surface area contributed by atoms with Crippen LogP contribution in [0.4, 0.5) is 8.78 Å². The van der Waals surface area contributed by atoms with Crippen molar-refractivity contribution in [3.63, 3.8) is 0 Å². The van der Waals surface area contributed by atoms with E-state index in [1.54, 1.807) is 0 Å². The number of hydrogen-bond donors (Lipinski definition) is 0.